The average Bonchev–Trinajstić information content (AvgIpc) is 3.62. The van der Waals surface area contributed by atoms with Crippen molar-refractivity contribution >= 4 is 21.9 Å². The number of aromatic amines is 1. The third-order valence-corrected chi connectivity index (χ3v) is 6.78. The molecule has 7 rings (SSSR count). The molecule has 0 aliphatic carbocycles. The number of nitrogens with one attached hydrogen (secondary N) is 1. The fourth-order valence-electron chi connectivity index (χ4n) is 4.90. The van der Waals surface area contributed by atoms with Gasteiger partial charge in [0, 0.05) is 0 Å². The molecule has 3 aromatic heterocycles. The van der Waals surface area contributed by atoms with Gasteiger partial charge in [-0.2, -0.15) is 0 Å². The van der Waals surface area contributed by atoms with E-state index in [1.54, 1.807) is 9.25 Å². The van der Waals surface area contributed by atoms with Crippen molar-refractivity contribution in [3.8, 4) is 22.9 Å². The van der Waals surface area contributed by atoms with Crippen LogP contribution in [0.15, 0.2) is 120 Å². The van der Waals surface area contributed by atoms with Crippen LogP contribution >= 0.6 is 0 Å². The van der Waals surface area contributed by atoms with Gasteiger partial charge in [-0.15, -0.1) is 5.10 Å². The maximum Gasteiger partial charge on any atom is 0.262 e. The van der Waals surface area contributed by atoms with Crippen LogP contribution in [0.5, 0.6) is 11.5 Å². The number of hydrogen-bond acceptors (Lipinski definition) is 5. The van der Waals surface area contributed by atoms with Crippen molar-refractivity contribution in [3.05, 3.63) is 137 Å². The fourth-order valence-corrected chi connectivity index (χ4v) is 4.90. The predicted molar refractivity (Wildman–Crippen MR) is 154 cm³/mol. The fraction of sp³-hybridized carbons (Fsp3) is 0.0625. The van der Waals surface area contributed by atoms with Gasteiger partial charge in [0.1, 0.15) is 23.0 Å². The molecule has 0 aliphatic heterocycles. The highest BCUT2D eigenvalue weighted by molar-refractivity contribution is 5.85. The SMILES string of the molecule is O=c1c(-c2nc3ccccc3[nH]2)cc2ccccc2n1Cc1cn(Cc2cccc(Oc3ccccc3)c2)nn1. The lowest BCUT2D eigenvalue weighted by molar-refractivity contribution is 0.481. The van der Waals surface area contributed by atoms with Crippen LogP contribution < -0.4 is 10.3 Å². The Morgan fingerprint density at radius 2 is 1.57 bits per heavy atom. The molecule has 0 saturated carbocycles. The molecule has 0 radical (unpaired) electrons. The van der Waals surface area contributed by atoms with Crippen LogP contribution in [0.1, 0.15) is 11.3 Å². The summed E-state index contributed by atoms with van der Waals surface area (Å²) in [6.07, 6.45) is 1.87. The smallest absolute Gasteiger partial charge is 0.262 e. The number of pyridine rings is 1. The number of para-hydroxylation sites is 4. The molecule has 0 fully saturated rings. The first-order valence-electron chi connectivity index (χ1n) is 13.0. The monoisotopic (exact) mass is 524 g/mol. The predicted octanol–water partition coefficient (Wildman–Crippen LogP) is 6.03. The van der Waals surface area contributed by atoms with Crippen LogP contribution in [-0.4, -0.2) is 29.5 Å². The molecular formula is C32H24N6O2. The minimum absolute atomic E-state index is 0.141. The first-order valence-corrected chi connectivity index (χ1v) is 13.0. The highest BCUT2D eigenvalue weighted by Crippen LogP contribution is 2.24. The van der Waals surface area contributed by atoms with E-state index >= 15 is 0 Å². The summed E-state index contributed by atoms with van der Waals surface area (Å²) in [5, 5.41) is 9.66. The van der Waals surface area contributed by atoms with Gasteiger partial charge in [-0.1, -0.05) is 65.9 Å². The van der Waals surface area contributed by atoms with Crippen LogP contribution in [0.25, 0.3) is 33.3 Å². The molecule has 1 N–H and O–H groups in total. The van der Waals surface area contributed by atoms with Crippen molar-refractivity contribution in [2.45, 2.75) is 13.1 Å². The molecule has 3 heterocycles. The lowest BCUT2D eigenvalue weighted by atomic mass is 10.1. The van der Waals surface area contributed by atoms with Crippen molar-refractivity contribution in [3.63, 3.8) is 0 Å². The second-order valence-electron chi connectivity index (χ2n) is 9.58. The Morgan fingerprint density at radius 3 is 2.48 bits per heavy atom. The molecule has 8 heteroatoms. The van der Waals surface area contributed by atoms with Crippen molar-refractivity contribution in [2.24, 2.45) is 0 Å². The highest BCUT2D eigenvalue weighted by Gasteiger charge is 2.16. The largest absolute Gasteiger partial charge is 0.457 e. The molecule has 8 nitrogen and oxygen atoms in total. The average molecular weight is 525 g/mol. The van der Waals surface area contributed by atoms with Crippen LogP contribution in [0.4, 0.5) is 0 Å². The Bertz CT molecular complexity index is 1990. The molecular weight excluding hydrogens is 500 g/mol. The Balaban J connectivity index is 1.18. The molecule has 0 atom stereocenters. The molecule has 0 unspecified atom stereocenters. The first kappa shape index (κ1) is 23.6. The van der Waals surface area contributed by atoms with Gasteiger partial charge < -0.3 is 14.3 Å². The number of rotatable bonds is 7. The molecule has 0 bridgehead atoms. The summed E-state index contributed by atoms with van der Waals surface area (Å²) in [6, 6.07) is 35.1. The van der Waals surface area contributed by atoms with E-state index < -0.39 is 0 Å². The molecule has 4 aromatic carbocycles. The lowest BCUT2D eigenvalue weighted by Gasteiger charge is -2.11. The van der Waals surface area contributed by atoms with E-state index in [4.69, 9.17) is 4.74 Å². The minimum atomic E-state index is -0.141. The molecule has 0 spiro atoms. The number of fused-ring (bicyclic) bond motifs is 2. The van der Waals surface area contributed by atoms with Crippen molar-refractivity contribution < 1.29 is 4.74 Å². The van der Waals surface area contributed by atoms with Crippen LogP contribution in [0.2, 0.25) is 0 Å². The molecule has 40 heavy (non-hydrogen) atoms. The van der Waals surface area contributed by atoms with Crippen LogP contribution in [0, 0.1) is 0 Å². The van der Waals surface area contributed by atoms with Gasteiger partial charge in [-0.25, -0.2) is 9.67 Å². The Kier molecular flexibility index (Phi) is 5.90. The van der Waals surface area contributed by atoms with E-state index in [0.29, 0.717) is 23.6 Å². The summed E-state index contributed by atoms with van der Waals surface area (Å²) in [5.74, 6) is 2.08. The summed E-state index contributed by atoms with van der Waals surface area (Å²) < 4.78 is 9.48. The summed E-state index contributed by atoms with van der Waals surface area (Å²) in [7, 11) is 0. The quantitative estimate of drug-likeness (QED) is 0.275. The van der Waals surface area contributed by atoms with Crippen LogP contribution in [0.3, 0.4) is 0 Å². The Hall–Kier alpha value is -5.50. The van der Waals surface area contributed by atoms with E-state index in [0.717, 1.165) is 39.0 Å². The van der Waals surface area contributed by atoms with Gasteiger partial charge in [-0.05, 0) is 59.5 Å². The van der Waals surface area contributed by atoms with Gasteiger partial charge in [0.15, 0.2) is 0 Å². The maximum absolute atomic E-state index is 13.8. The van der Waals surface area contributed by atoms with Gasteiger partial charge in [0.25, 0.3) is 5.56 Å². The van der Waals surface area contributed by atoms with Gasteiger partial charge in [-0.3, -0.25) is 4.79 Å². The van der Waals surface area contributed by atoms with Crippen molar-refractivity contribution in [1.29, 1.82) is 0 Å². The lowest BCUT2D eigenvalue weighted by Crippen LogP contribution is -2.23. The second kappa shape index (κ2) is 9.99. The number of nitrogens with zero attached hydrogens (tertiary/aromatic N) is 5. The maximum atomic E-state index is 13.8. The van der Waals surface area contributed by atoms with Gasteiger partial charge in [0.05, 0.1) is 41.4 Å². The standard InChI is InChI=1S/C32H24N6O2/c39-32-27(31-33-28-14-5-6-15-29(28)34-31)18-23-10-4-7-16-30(23)38(32)21-24-20-37(36-35-24)19-22-9-8-13-26(17-22)40-25-11-2-1-3-12-25/h1-18,20H,19,21H2,(H,33,34). The van der Waals surface area contributed by atoms with Crippen molar-refractivity contribution in [2.75, 3.05) is 0 Å². The second-order valence-corrected chi connectivity index (χ2v) is 9.58. The number of ether oxygens (including phenoxy) is 1. The zero-order valence-electron chi connectivity index (χ0n) is 21.4. The summed E-state index contributed by atoms with van der Waals surface area (Å²) in [6.45, 7) is 0.804. The zero-order chi connectivity index (χ0) is 26.9. The molecule has 194 valence electrons. The minimum Gasteiger partial charge on any atom is -0.457 e. The van der Waals surface area contributed by atoms with Gasteiger partial charge >= 0.3 is 0 Å². The normalized spacial score (nSPS) is 11.3. The molecule has 0 aliphatic rings. The van der Waals surface area contributed by atoms with Gasteiger partial charge in [0.2, 0.25) is 0 Å². The zero-order valence-corrected chi connectivity index (χ0v) is 21.4. The van der Waals surface area contributed by atoms with E-state index in [1.165, 1.54) is 0 Å². The van der Waals surface area contributed by atoms with E-state index in [-0.39, 0.29) is 12.1 Å². The third-order valence-electron chi connectivity index (χ3n) is 6.78. The molecule has 0 amide bonds. The Morgan fingerprint density at radius 1 is 0.775 bits per heavy atom. The van der Waals surface area contributed by atoms with E-state index in [1.807, 2.05) is 115 Å². The van der Waals surface area contributed by atoms with Crippen LogP contribution in [-0.2, 0) is 13.1 Å². The molecule has 0 saturated heterocycles. The number of aromatic nitrogens is 6. The topological polar surface area (TPSA) is 90.6 Å². The van der Waals surface area contributed by atoms with Crippen molar-refractivity contribution in [1.82, 2.24) is 29.5 Å². The highest BCUT2D eigenvalue weighted by atomic mass is 16.5. The van der Waals surface area contributed by atoms with E-state index in [9.17, 15) is 4.79 Å². The number of benzene rings is 4. The molecule has 7 aromatic rings. The number of H-pyrrole nitrogens is 1. The summed E-state index contributed by atoms with van der Waals surface area (Å²) >= 11 is 0. The summed E-state index contributed by atoms with van der Waals surface area (Å²) in [5.41, 5.74) is 4.61. The third kappa shape index (κ3) is 4.63. The number of imidazole rings is 1. The summed E-state index contributed by atoms with van der Waals surface area (Å²) in [4.78, 5) is 21.7. The van der Waals surface area contributed by atoms with E-state index in [2.05, 4.69) is 20.3 Å². The Labute approximate surface area is 229 Å². The number of hydrogen-bond donors (Lipinski definition) is 1. The first-order chi connectivity index (χ1) is 19.7.